The second-order valence-electron chi connectivity index (χ2n) is 4.37. The molecule has 0 radical (unpaired) electrons. The van der Waals surface area contributed by atoms with Gasteiger partial charge in [-0.15, -0.1) is 11.3 Å². The van der Waals surface area contributed by atoms with Gasteiger partial charge in [-0.2, -0.15) is 0 Å². The number of thiophene rings is 1. The van der Waals surface area contributed by atoms with E-state index in [0.717, 1.165) is 13.0 Å². The van der Waals surface area contributed by atoms with Gasteiger partial charge >= 0.3 is 5.97 Å². The lowest BCUT2D eigenvalue weighted by Crippen LogP contribution is -2.22. The molecule has 0 atom stereocenters. The summed E-state index contributed by atoms with van der Waals surface area (Å²) in [5.41, 5.74) is 0.897. The van der Waals surface area contributed by atoms with Gasteiger partial charge in [-0.25, -0.2) is 4.79 Å². The van der Waals surface area contributed by atoms with Crippen molar-refractivity contribution in [3.63, 3.8) is 0 Å². The fourth-order valence-corrected chi connectivity index (χ4v) is 2.55. The molecule has 2 rings (SSSR count). The maximum Gasteiger partial charge on any atom is 0.337 e. The van der Waals surface area contributed by atoms with Gasteiger partial charge in [0.1, 0.15) is 0 Å². The Labute approximate surface area is 116 Å². The highest BCUT2D eigenvalue weighted by molar-refractivity contribution is 7.09. The first-order valence-electron chi connectivity index (χ1n) is 6.05. The summed E-state index contributed by atoms with van der Waals surface area (Å²) in [6.45, 7) is 1.43. The number of aromatic nitrogens is 1. The molecule has 19 heavy (non-hydrogen) atoms. The lowest BCUT2D eigenvalue weighted by Gasteiger charge is -2.16. The third kappa shape index (κ3) is 3.87. The molecule has 0 aliphatic rings. The average molecular weight is 276 g/mol. The van der Waals surface area contributed by atoms with Gasteiger partial charge in [-0.05, 0) is 37.0 Å². The molecule has 0 aromatic carbocycles. The van der Waals surface area contributed by atoms with E-state index in [0.29, 0.717) is 12.2 Å². The van der Waals surface area contributed by atoms with E-state index in [1.54, 1.807) is 29.7 Å². The van der Waals surface area contributed by atoms with Crippen molar-refractivity contribution in [3.8, 4) is 0 Å². The van der Waals surface area contributed by atoms with Crippen LogP contribution in [-0.2, 0) is 13.0 Å². The van der Waals surface area contributed by atoms with Gasteiger partial charge in [0, 0.05) is 24.2 Å². The van der Waals surface area contributed by atoms with Crippen LogP contribution in [0.5, 0.6) is 0 Å². The molecular formula is C14H16N2O2S. The number of carboxylic acids is 1. The van der Waals surface area contributed by atoms with Crippen molar-refractivity contribution in [3.05, 3.63) is 52.0 Å². The number of rotatable bonds is 6. The number of carbonyl (C=O) groups is 1. The predicted octanol–water partition coefficient (Wildman–Crippen LogP) is 2.52. The van der Waals surface area contributed by atoms with Crippen LogP contribution in [0.25, 0.3) is 0 Å². The van der Waals surface area contributed by atoms with E-state index in [-0.39, 0.29) is 5.56 Å². The van der Waals surface area contributed by atoms with Crippen LogP contribution in [0.3, 0.4) is 0 Å². The van der Waals surface area contributed by atoms with Crippen molar-refractivity contribution in [2.24, 2.45) is 0 Å². The molecule has 0 unspecified atom stereocenters. The molecule has 1 N–H and O–H groups in total. The normalized spacial score (nSPS) is 10.8. The first-order valence-corrected chi connectivity index (χ1v) is 6.93. The van der Waals surface area contributed by atoms with Crippen LogP contribution in [0.1, 0.15) is 20.9 Å². The van der Waals surface area contributed by atoms with Crippen molar-refractivity contribution < 1.29 is 9.90 Å². The summed E-state index contributed by atoms with van der Waals surface area (Å²) >= 11 is 1.74. The monoisotopic (exact) mass is 276 g/mol. The van der Waals surface area contributed by atoms with Gasteiger partial charge < -0.3 is 10.0 Å². The minimum absolute atomic E-state index is 0.283. The Morgan fingerprint density at radius 1 is 1.42 bits per heavy atom. The maximum absolute atomic E-state index is 11.1. The number of carboxylic acid groups (broad SMARTS) is 1. The van der Waals surface area contributed by atoms with Gasteiger partial charge in [0.25, 0.3) is 0 Å². The zero-order valence-electron chi connectivity index (χ0n) is 10.7. The van der Waals surface area contributed by atoms with E-state index in [4.69, 9.17) is 5.11 Å². The summed E-state index contributed by atoms with van der Waals surface area (Å²) in [4.78, 5) is 18.7. The van der Waals surface area contributed by atoms with E-state index in [9.17, 15) is 4.79 Å². The number of hydrogen-bond donors (Lipinski definition) is 1. The third-order valence-electron chi connectivity index (χ3n) is 2.86. The predicted molar refractivity (Wildman–Crippen MR) is 75.6 cm³/mol. The highest BCUT2D eigenvalue weighted by Crippen LogP contribution is 2.11. The number of hydrogen-bond acceptors (Lipinski definition) is 4. The fourth-order valence-electron chi connectivity index (χ4n) is 1.85. The molecule has 0 aliphatic carbocycles. The zero-order chi connectivity index (χ0) is 13.7. The fraction of sp³-hybridized carbons (Fsp3) is 0.286. The molecule has 2 heterocycles. The summed E-state index contributed by atoms with van der Waals surface area (Å²) in [5, 5.41) is 11.2. The summed E-state index contributed by atoms with van der Waals surface area (Å²) in [6, 6.07) is 7.40. The standard InChI is InChI=1S/C14H16N2O2S/c1-16(8-6-11-4-3-9-19-11)10-13-12(14(17)18)5-2-7-15-13/h2-5,7,9H,6,8,10H2,1H3,(H,17,18). The summed E-state index contributed by atoms with van der Waals surface area (Å²) in [5.74, 6) is -0.922. The molecule has 0 spiro atoms. The van der Waals surface area contributed by atoms with Crippen molar-refractivity contribution in [2.45, 2.75) is 13.0 Å². The van der Waals surface area contributed by atoms with Gasteiger partial charge in [0.2, 0.25) is 0 Å². The molecule has 0 aliphatic heterocycles. The van der Waals surface area contributed by atoms with Crippen LogP contribution >= 0.6 is 11.3 Å². The second-order valence-corrected chi connectivity index (χ2v) is 5.40. The first kappa shape index (κ1) is 13.7. The smallest absolute Gasteiger partial charge is 0.337 e. The van der Waals surface area contributed by atoms with Crippen LogP contribution in [0.2, 0.25) is 0 Å². The summed E-state index contributed by atoms with van der Waals surface area (Å²) in [7, 11) is 1.98. The minimum atomic E-state index is -0.922. The van der Waals surface area contributed by atoms with E-state index in [2.05, 4.69) is 21.3 Å². The number of aromatic carboxylic acids is 1. The zero-order valence-corrected chi connectivity index (χ0v) is 11.6. The Kier molecular flexibility index (Phi) is 4.65. The molecule has 5 heteroatoms. The molecule has 0 bridgehead atoms. The Morgan fingerprint density at radius 3 is 2.95 bits per heavy atom. The van der Waals surface area contributed by atoms with Crippen LogP contribution in [0, 0.1) is 0 Å². The van der Waals surface area contributed by atoms with Crippen LogP contribution in [0.15, 0.2) is 35.8 Å². The van der Waals surface area contributed by atoms with Gasteiger partial charge in [-0.1, -0.05) is 6.07 Å². The van der Waals surface area contributed by atoms with Crippen molar-refractivity contribution in [2.75, 3.05) is 13.6 Å². The maximum atomic E-state index is 11.1. The molecule has 0 amide bonds. The molecule has 0 fully saturated rings. The topological polar surface area (TPSA) is 53.4 Å². The number of pyridine rings is 1. The third-order valence-corrected chi connectivity index (χ3v) is 3.80. The number of likely N-dealkylation sites (N-methyl/N-ethyl adjacent to an activating group) is 1. The lowest BCUT2D eigenvalue weighted by molar-refractivity contribution is 0.0694. The largest absolute Gasteiger partial charge is 0.478 e. The lowest BCUT2D eigenvalue weighted by atomic mass is 10.2. The molecule has 2 aromatic heterocycles. The van der Waals surface area contributed by atoms with Crippen molar-refractivity contribution >= 4 is 17.3 Å². The Morgan fingerprint density at radius 2 is 2.26 bits per heavy atom. The van der Waals surface area contributed by atoms with E-state index in [1.165, 1.54) is 4.88 Å². The summed E-state index contributed by atoms with van der Waals surface area (Å²) < 4.78 is 0. The molecule has 100 valence electrons. The Bertz CT molecular complexity index is 540. The van der Waals surface area contributed by atoms with E-state index in [1.807, 2.05) is 13.1 Å². The second kappa shape index (κ2) is 6.45. The van der Waals surface area contributed by atoms with Crippen LogP contribution in [0.4, 0.5) is 0 Å². The van der Waals surface area contributed by atoms with Gasteiger partial charge in [0.15, 0.2) is 0 Å². The van der Waals surface area contributed by atoms with Crippen molar-refractivity contribution in [1.82, 2.24) is 9.88 Å². The number of nitrogens with zero attached hydrogens (tertiary/aromatic N) is 2. The van der Waals surface area contributed by atoms with Crippen LogP contribution < -0.4 is 0 Å². The first-order chi connectivity index (χ1) is 9.16. The van der Waals surface area contributed by atoms with Crippen LogP contribution in [-0.4, -0.2) is 34.6 Å². The van der Waals surface area contributed by atoms with Gasteiger partial charge in [-0.3, -0.25) is 4.98 Å². The summed E-state index contributed by atoms with van der Waals surface area (Å²) in [6.07, 6.45) is 2.61. The molecule has 0 saturated heterocycles. The molecule has 0 saturated carbocycles. The highest BCUT2D eigenvalue weighted by atomic mass is 32.1. The molecule has 2 aromatic rings. The average Bonchev–Trinajstić information content (AvgIpc) is 2.90. The Hall–Kier alpha value is -1.72. The Balaban J connectivity index is 1.95. The van der Waals surface area contributed by atoms with Gasteiger partial charge in [0.05, 0.1) is 11.3 Å². The SMILES string of the molecule is CN(CCc1cccs1)Cc1ncccc1C(=O)O. The minimum Gasteiger partial charge on any atom is -0.478 e. The highest BCUT2D eigenvalue weighted by Gasteiger charge is 2.12. The quantitative estimate of drug-likeness (QED) is 0.881. The molecule has 4 nitrogen and oxygen atoms in total. The van der Waals surface area contributed by atoms with E-state index >= 15 is 0 Å². The van der Waals surface area contributed by atoms with E-state index < -0.39 is 5.97 Å². The molecular weight excluding hydrogens is 260 g/mol. The van der Waals surface area contributed by atoms with Crippen molar-refractivity contribution in [1.29, 1.82) is 0 Å².